The Morgan fingerprint density at radius 1 is 1.38 bits per heavy atom. The Morgan fingerprint density at radius 2 is 2.08 bits per heavy atom. The SMILES string of the molecule is O=S1(=O)C=NC=C1CN1CCCC1. The van der Waals surface area contributed by atoms with Crippen molar-refractivity contribution in [3.05, 3.63) is 11.1 Å². The highest BCUT2D eigenvalue weighted by Crippen LogP contribution is 2.16. The van der Waals surface area contributed by atoms with E-state index in [-0.39, 0.29) is 0 Å². The molecule has 0 atom stereocenters. The zero-order valence-corrected chi connectivity index (χ0v) is 8.13. The monoisotopic (exact) mass is 200 g/mol. The summed E-state index contributed by atoms with van der Waals surface area (Å²) in [6, 6.07) is 0. The standard InChI is InChI=1S/C8H12N2O2S/c11-13(12)7-9-5-8(13)6-10-3-1-2-4-10/h5,7H,1-4,6H2. The van der Waals surface area contributed by atoms with E-state index in [1.807, 2.05) is 0 Å². The first-order valence-corrected chi connectivity index (χ1v) is 5.93. The Kier molecular flexibility index (Phi) is 2.21. The largest absolute Gasteiger partial charge is 0.298 e. The Bertz CT molecular complexity index is 350. The maximum absolute atomic E-state index is 11.3. The van der Waals surface area contributed by atoms with Gasteiger partial charge in [0.15, 0.2) is 0 Å². The Labute approximate surface area is 77.9 Å². The van der Waals surface area contributed by atoms with E-state index >= 15 is 0 Å². The lowest BCUT2D eigenvalue weighted by Gasteiger charge is -2.13. The summed E-state index contributed by atoms with van der Waals surface area (Å²) >= 11 is 0. The number of likely N-dealkylation sites (tertiary alicyclic amines) is 1. The fourth-order valence-electron chi connectivity index (χ4n) is 1.63. The van der Waals surface area contributed by atoms with Crippen LogP contribution in [0.1, 0.15) is 12.8 Å². The second-order valence-electron chi connectivity index (χ2n) is 3.38. The summed E-state index contributed by atoms with van der Waals surface area (Å²) in [6.45, 7) is 2.54. The summed E-state index contributed by atoms with van der Waals surface area (Å²) in [6.07, 6.45) is 3.80. The lowest BCUT2D eigenvalue weighted by atomic mass is 10.4. The summed E-state index contributed by atoms with van der Waals surface area (Å²) in [4.78, 5) is 6.25. The fraction of sp³-hybridized carbons (Fsp3) is 0.625. The van der Waals surface area contributed by atoms with Crippen LogP contribution >= 0.6 is 0 Å². The van der Waals surface area contributed by atoms with Crippen LogP contribution in [0.25, 0.3) is 0 Å². The number of hydrogen-bond donors (Lipinski definition) is 0. The second-order valence-corrected chi connectivity index (χ2v) is 5.20. The molecule has 0 aromatic carbocycles. The lowest BCUT2D eigenvalue weighted by Crippen LogP contribution is -2.24. The molecule has 0 amide bonds. The summed E-state index contributed by atoms with van der Waals surface area (Å²) in [7, 11) is -3.15. The van der Waals surface area contributed by atoms with Crippen LogP contribution in [0.3, 0.4) is 0 Å². The number of aliphatic imine (C=N–C) groups is 1. The van der Waals surface area contributed by atoms with E-state index < -0.39 is 9.84 Å². The van der Waals surface area contributed by atoms with Crippen LogP contribution in [0.5, 0.6) is 0 Å². The highest BCUT2D eigenvalue weighted by atomic mass is 32.2. The number of hydrogen-bond acceptors (Lipinski definition) is 4. The molecule has 5 heteroatoms. The normalized spacial score (nSPS) is 26.6. The van der Waals surface area contributed by atoms with E-state index in [0.717, 1.165) is 18.6 Å². The molecule has 0 unspecified atom stereocenters. The van der Waals surface area contributed by atoms with Crippen molar-refractivity contribution in [1.82, 2.24) is 4.90 Å². The molecule has 1 fully saturated rings. The summed E-state index contributed by atoms with van der Waals surface area (Å²) in [5.41, 5.74) is 1.03. The van der Waals surface area contributed by atoms with E-state index in [1.165, 1.54) is 19.0 Å². The van der Waals surface area contributed by atoms with Crippen molar-refractivity contribution in [3.63, 3.8) is 0 Å². The average molecular weight is 200 g/mol. The highest BCUT2D eigenvalue weighted by molar-refractivity contribution is 8.08. The van der Waals surface area contributed by atoms with Crippen molar-refractivity contribution in [2.45, 2.75) is 12.8 Å². The smallest absolute Gasteiger partial charge is 0.215 e. The van der Waals surface area contributed by atoms with Gasteiger partial charge in [-0.25, -0.2) is 8.42 Å². The van der Waals surface area contributed by atoms with Crippen molar-refractivity contribution in [3.8, 4) is 0 Å². The van der Waals surface area contributed by atoms with Crippen molar-refractivity contribution in [1.29, 1.82) is 0 Å². The molecule has 0 N–H and O–H groups in total. The van der Waals surface area contributed by atoms with Gasteiger partial charge in [-0.3, -0.25) is 9.89 Å². The number of nitrogens with zero attached hydrogens (tertiary/aromatic N) is 2. The molecule has 2 rings (SSSR count). The molecule has 0 radical (unpaired) electrons. The van der Waals surface area contributed by atoms with Gasteiger partial charge in [0.05, 0.1) is 4.91 Å². The van der Waals surface area contributed by atoms with Gasteiger partial charge < -0.3 is 0 Å². The van der Waals surface area contributed by atoms with Gasteiger partial charge in [0, 0.05) is 12.7 Å². The van der Waals surface area contributed by atoms with E-state index in [4.69, 9.17) is 0 Å². The average Bonchev–Trinajstić information content (AvgIpc) is 2.63. The van der Waals surface area contributed by atoms with E-state index in [0.29, 0.717) is 11.4 Å². The van der Waals surface area contributed by atoms with E-state index in [2.05, 4.69) is 9.89 Å². The van der Waals surface area contributed by atoms with Gasteiger partial charge in [0.25, 0.3) is 0 Å². The second kappa shape index (κ2) is 3.23. The minimum atomic E-state index is -3.15. The molecule has 2 aliphatic heterocycles. The topological polar surface area (TPSA) is 49.7 Å². The maximum Gasteiger partial charge on any atom is 0.215 e. The minimum Gasteiger partial charge on any atom is -0.298 e. The third-order valence-electron chi connectivity index (χ3n) is 2.36. The maximum atomic E-state index is 11.3. The van der Waals surface area contributed by atoms with Crippen LogP contribution in [-0.2, 0) is 9.84 Å². The van der Waals surface area contributed by atoms with Gasteiger partial charge in [0.2, 0.25) is 9.84 Å². The van der Waals surface area contributed by atoms with Gasteiger partial charge in [-0.1, -0.05) is 0 Å². The molecule has 13 heavy (non-hydrogen) atoms. The van der Waals surface area contributed by atoms with Gasteiger partial charge in [-0.15, -0.1) is 0 Å². The third-order valence-corrected chi connectivity index (χ3v) is 3.73. The molecule has 0 aliphatic carbocycles. The van der Waals surface area contributed by atoms with Crippen molar-refractivity contribution in [2.24, 2.45) is 4.99 Å². The van der Waals surface area contributed by atoms with Crippen molar-refractivity contribution >= 4 is 15.4 Å². The molecule has 72 valence electrons. The molecule has 4 nitrogen and oxygen atoms in total. The van der Waals surface area contributed by atoms with Gasteiger partial charge in [0.1, 0.15) is 5.55 Å². The third kappa shape index (κ3) is 1.81. The van der Waals surface area contributed by atoms with Crippen molar-refractivity contribution < 1.29 is 8.42 Å². The quantitative estimate of drug-likeness (QED) is 0.647. The molecule has 0 aromatic heterocycles. The fourth-order valence-corrected chi connectivity index (χ4v) is 2.55. The van der Waals surface area contributed by atoms with Gasteiger partial charge in [-0.2, -0.15) is 0 Å². The zero-order chi connectivity index (χ0) is 9.31. The predicted molar refractivity (Wildman–Crippen MR) is 51.2 cm³/mol. The molecule has 0 bridgehead atoms. The van der Waals surface area contributed by atoms with Crippen molar-refractivity contribution in [2.75, 3.05) is 19.6 Å². The molecule has 0 saturated carbocycles. The number of rotatable bonds is 2. The molecule has 0 aromatic rings. The molecule has 1 saturated heterocycles. The minimum absolute atomic E-state index is 0.439. The Balaban J connectivity index is 2.04. The Morgan fingerprint density at radius 3 is 2.62 bits per heavy atom. The first-order valence-electron chi connectivity index (χ1n) is 4.38. The van der Waals surface area contributed by atoms with Crippen LogP contribution in [0, 0.1) is 0 Å². The van der Waals surface area contributed by atoms with Crippen LogP contribution in [0.2, 0.25) is 0 Å². The van der Waals surface area contributed by atoms with Crippen LogP contribution < -0.4 is 0 Å². The lowest BCUT2D eigenvalue weighted by molar-refractivity contribution is 0.373. The number of sulfone groups is 1. The van der Waals surface area contributed by atoms with E-state index in [1.54, 1.807) is 0 Å². The zero-order valence-electron chi connectivity index (χ0n) is 7.31. The molecule has 2 aliphatic rings. The highest BCUT2D eigenvalue weighted by Gasteiger charge is 2.23. The van der Waals surface area contributed by atoms with Gasteiger partial charge >= 0.3 is 0 Å². The summed E-state index contributed by atoms with van der Waals surface area (Å²) in [5, 5.41) is 0. The first-order chi connectivity index (χ1) is 6.18. The predicted octanol–water partition coefficient (Wildman–Crippen LogP) is 0.380. The Hall–Kier alpha value is -0.680. The molecular formula is C8H12N2O2S. The van der Waals surface area contributed by atoms with Crippen LogP contribution in [0.15, 0.2) is 16.1 Å². The van der Waals surface area contributed by atoms with Gasteiger partial charge in [-0.05, 0) is 25.9 Å². The summed E-state index contributed by atoms with van der Waals surface area (Å²) < 4.78 is 22.6. The summed E-state index contributed by atoms with van der Waals surface area (Å²) in [5.74, 6) is 0. The van der Waals surface area contributed by atoms with Crippen LogP contribution in [0.4, 0.5) is 0 Å². The van der Waals surface area contributed by atoms with E-state index in [9.17, 15) is 8.42 Å². The first kappa shape index (κ1) is 8.90. The molecule has 2 heterocycles. The molecule has 0 spiro atoms. The molecular weight excluding hydrogens is 188 g/mol. The van der Waals surface area contributed by atoms with Crippen LogP contribution in [-0.4, -0.2) is 38.5 Å².